The van der Waals surface area contributed by atoms with E-state index in [1.165, 1.54) is 12.8 Å². The Bertz CT molecular complexity index is 354. The van der Waals surface area contributed by atoms with Crippen LogP contribution in [0.4, 0.5) is 0 Å². The summed E-state index contributed by atoms with van der Waals surface area (Å²) >= 11 is 0. The summed E-state index contributed by atoms with van der Waals surface area (Å²) in [6, 6.07) is 1.76. The molecule has 2 heterocycles. The van der Waals surface area contributed by atoms with Gasteiger partial charge in [-0.1, -0.05) is 13.3 Å². The zero-order valence-corrected chi connectivity index (χ0v) is 13.6. The number of carbonyl (C=O) groups excluding carboxylic acids is 1. The predicted molar refractivity (Wildman–Crippen MR) is 82.5 cm³/mol. The minimum absolute atomic E-state index is 0.149. The van der Waals surface area contributed by atoms with Crippen LogP contribution in [-0.2, 0) is 4.79 Å². The summed E-state index contributed by atoms with van der Waals surface area (Å²) in [5.74, 6) is 0.149. The first-order chi connectivity index (χ1) is 9.36. The van der Waals surface area contributed by atoms with Crippen LogP contribution in [0.15, 0.2) is 0 Å². The number of rotatable bonds is 4. The first-order valence-electron chi connectivity index (χ1n) is 8.22. The zero-order chi connectivity index (χ0) is 14.9. The topological polar surface area (TPSA) is 49.6 Å². The minimum atomic E-state index is -0.693. The van der Waals surface area contributed by atoms with Crippen molar-refractivity contribution in [3.63, 3.8) is 0 Å². The van der Waals surface area contributed by atoms with Gasteiger partial charge in [0.2, 0.25) is 5.91 Å². The average molecular weight is 281 g/mol. The van der Waals surface area contributed by atoms with Gasteiger partial charge in [-0.25, -0.2) is 0 Å². The van der Waals surface area contributed by atoms with E-state index < -0.39 is 5.54 Å². The Labute approximate surface area is 123 Å². The molecule has 116 valence electrons. The molecule has 0 aromatic carbocycles. The third-order valence-corrected chi connectivity index (χ3v) is 4.98. The SMILES string of the molecule is CCCC(C)(N)C(=O)N1CCC2CCC(C1)N2C(C)C. The number of hydrogen-bond acceptors (Lipinski definition) is 3. The third kappa shape index (κ3) is 3.01. The molecule has 2 rings (SSSR count). The van der Waals surface area contributed by atoms with E-state index in [1.54, 1.807) is 0 Å². The van der Waals surface area contributed by atoms with Crippen LogP contribution in [0.2, 0.25) is 0 Å². The molecule has 4 nitrogen and oxygen atoms in total. The van der Waals surface area contributed by atoms with E-state index >= 15 is 0 Å². The molecule has 2 bridgehead atoms. The van der Waals surface area contributed by atoms with E-state index in [0.29, 0.717) is 18.1 Å². The number of nitrogens with two attached hydrogens (primary N) is 1. The number of likely N-dealkylation sites (tertiary alicyclic amines) is 1. The summed E-state index contributed by atoms with van der Waals surface area (Å²) in [7, 11) is 0. The van der Waals surface area contributed by atoms with Crippen LogP contribution >= 0.6 is 0 Å². The fourth-order valence-electron chi connectivity index (χ4n) is 4.13. The van der Waals surface area contributed by atoms with Gasteiger partial charge in [0.05, 0.1) is 5.54 Å². The van der Waals surface area contributed by atoms with Gasteiger partial charge in [-0.3, -0.25) is 9.69 Å². The van der Waals surface area contributed by atoms with E-state index in [4.69, 9.17) is 5.73 Å². The first-order valence-corrected chi connectivity index (χ1v) is 8.22. The monoisotopic (exact) mass is 281 g/mol. The summed E-state index contributed by atoms with van der Waals surface area (Å²) in [4.78, 5) is 17.4. The normalized spacial score (nSPS) is 30.4. The molecule has 2 aliphatic rings. The highest BCUT2D eigenvalue weighted by Gasteiger charge is 2.41. The summed E-state index contributed by atoms with van der Waals surface area (Å²) < 4.78 is 0. The van der Waals surface area contributed by atoms with Crippen LogP contribution in [0, 0.1) is 0 Å². The van der Waals surface area contributed by atoms with Crippen molar-refractivity contribution >= 4 is 5.91 Å². The lowest BCUT2D eigenvalue weighted by atomic mass is 9.95. The van der Waals surface area contributed by atoms with Crippen LogP contribution in [-0.4, -0.2) is 52.5 Å². The fourth-order valence-corrected chi connectivity index (χ4v) is 4.13. The standard InChI is InChI=1S/C16H31N3O/c1-5-9-16(4,17)15(20)18-10-8-13-6-7-14(11-18)19(13)12(2)3/h12-14H,5-11,17H2,1-4H3. The van der Waals surface area contributed by atoms with Gasteiger partial charge in [0.15, 0.2) is 0 Å². The number of fused-ring (bicyclic) bond motifs is 2. The van der Waals surface area contributed by atoms with Gasteiger partial charge < -0.3 is 10.6 Å². The molecule has 3 atom stereocenters. The minimum Gasteiger partial charge on any atom is -0.339 e. The highest BCUT2D eigenvalue weighted by atomic mass is 16.2. The molecule has 2 saturated heterocycles. The van der Waals surface area contributed by atoms with Crippen molar-refractivity contribution in [2.45, 2.75) is 83.5 Å². The summed E-state index contributed by atoms with van der Waals surface area (Å²) in [5, 5.41) is 0. The maximum absolute atomic E-state index is 12.7. The second-order valence-corrected chi connectivity index (χ2v) is 7.13. The molecule has 2 N–H and O–H groups in total. The van der Waals surface area contributed by atoms with E-state index in [9.17, 15) is 4.79 Å². The molecule has 0 radical (unpaired) electrons. The van der Waals surface area contributed by atoms with Crippen molar-refractivity contribution in [3.05, 3.63) is 0 Å². The van der Waals surface area contributed by atoms with Crippen LogP contribution in [0.5, 0.6) is 0 Å². The Morgan fingerprint density at radius 2 is 1.95 bits per heavy atom. The van der Waals surface area contributed by atoms with Crippen molar-refractivity contribution in [2.24, 2.45) is 5.73 Å². The maximum atomic E-state index is 12.7. The lowest BCUT2D eigenvalue weighted by Gasteiger charge is -2.34. The Hall–Kier alpha value is -0.610. The highest BCUT2D eigenvalue weighted by molar-refractivity contribution is 5.85. The summed E-state index contributed by atoms with van der Waals surface area (Å²) in [5.41, 5.74) is 5.55. The van der Waals surface area contributed by atoms with E-state index in [0.717, 1.165) is 32.4 Å². The molecule has 1 amide bonds. The summed E-state index contributed by atoms with van der Waals surface area (Å²) in [6.45, 7) is 10.3. The largest absolute Gasteiger partial charge is 0.339 e. The Kier molecular flexibility index (Phi) is 4.75. The second kappa shape index (κ2) is 6.02. The Morgan fingerprint density at radius 1 is 1.30 bits per heavy atom. The number of nitrogens with zero attached hydrogens (tertiary/aromatic N) is 2. The molecule has 0 aromatic heterocycles. The highest BCUT2D eigenvalue weighted by Crippen LogP contribution is 2.32. The van der Waals surface area contributed by atoms with E-state index in [1.807, 2.05) is 11.8 Å². The number of hydrogen-bond donors (Lipinski definition) is 1. The van der Waals surface area contributed by atoms with E-state index in [-0.39, 0.29) is 5.91 Å². The molecule has 2 aliphatic heterocycles. The van der Waals surface area contributed by atoms with Gasteiger partial charge in [0.25, 0.3) is 0 Å². The number of amides is 1. The Balaban J connectivity index is 2.08. The zero-order valence-electron chi connectivity index (χ0n) is 13.6. The van der Waals surface area contributed by atoms with Crippen molar-refractivity contribution < 1.29 is 4.79 Å². The second-order valence-electron chi connectivity index (χ2n) is 7.13. The molecular weight excluding hydrogens is 250 g/mol. The van der Waals surface area contributed by atoms with Gasteiger partial charge in [-0.2, -0.15) is 0 Å². The Morgan fingerprint density at radius 3 is 2.55 bits per heavy atom. The predicted octanol–water partition coefficient (Wildman–Crippen LogP) is 1.98. The van der Waals surface area contributed by atoms with Crippen molar-refractivity contribution in [1.82, 2.24) is 9.80 Å². The molecule has 3 unspecified atom stereocenters. The maximum Gasteiger partial charge on any atom is 0.242 e. The molecule has 4 heteroatoms. The van der Waals surface area contributed by atoms with Crippen molar-refractivity contribution in [2.75, 3.05) is 13.1 Å². The van der Waals surface area contributed by atoms with Crippen molar-refractivity contribution in [1.29, 1.82) is 0 Å². The van der Waals surface area contributed by atoms with Crippen molar-refractivity contribution in [3.8, 4) is 0 Å². The molecular formula is C16H31N3O. The van der Waals surface area contributed by atoms with Gasteiger partial charge >= 0.3 is 0 Å². The van der Waals surface area contributed by atoms with Gasteiger partial charge in [-0.15, -0.1) is 0 Å². The van der Waals surface area contributed by atoms with Crippen LogP contribution in [0.3, 0.4) is 0 Å². The van der Waals surface area contributed by atoms with Gasteiger partial charge in [0.1, 0.15) is 0 Å². The smallest absolute Gasteiger partial charge is 0.242 e. The van der Waals surface area contributed by atoms with Crippen LogP contribution < -0.4 is 5.73 Å². The molecule has 2 fully saturated rings. The summed E-state index contributed by atoms with van der Waals surface area (Å²) in [6.07, 6.45) is 5.34. The molecule has 0 spiro atoms. The fraction of sp³-hybridized carbons (Fsp3) is 0.938. The molecule has 0 saturated carbocycles. The molecule has 0 aliphatic carbocycles. The molecule has 0 aromatic rings. The van der Waals surface area contributed by atoms with Gasteiger partial charge in [-0.05, 0) is 46.5 Å². The quantitative estimate of drug-likeness (QED) is 0.857. The lowest BCUT2D eigenvalue weighted by Crippen LogP contribution is -2.55. The third-order valence-electron chi connectivity index (χ3n) is 4.98. The van der Waals surface area contributed by atoms with Gasteiger partial charge in [0, 0.05) is 31.2 Å². The number of carbonyl (C=O) groups is 1. The van der Waals surface area contributed by atoms with Crippen LogP contribution in [0.1, 0.15) is 59.8 Å². The average Bonchev–Trinajstić information content (AvgIpc) is 2.63. The van der Waals surface area contributed by atoms with E-state index in [2.05, 4.69) is 25.7 Å². The lowest BCUT2D eigenvalue weighted by molar-refractivity contribution is -0.137. The van der Waals surface area contributed by atoms with Crippen LogP contribution in [0.25, 0.3) is 0 Å². The first kappa shape index (κ1) is 15.8. The molecule has 20 heavy (non-hydrogen) atoms.